The molecule has 0 N–H and O–H groups in total. The molecule has 23 heavy (non-hydrogen) atoms. The fourth-order valence-electron chi connectivity index (χ4n) is 2.61. The van der Waals surface area contributed by atoms with Gasteiger partial charge in [-0.2, -0.15) is 5.10 Å². The Morgan fingerprint density at radius 1 is 1.26 bits per heavy atom. The average molecular weight is 375 g/mol. The van der Waals surface area contributed by atoms with Crippen molar-refractivity contribution in [2.75, 3.05) is 0 Å². The van der Waals surface area contributed by atoms with Gasteiger partial charge in [0.25, 0.3) is 0 Å². The first-order valence-corrected chi connectivity index (χ1v) is 8.36. The predicted molar refractivity (Wildman–Crippen MR) is 93.3 cm³/mol. The first-order chi connectivity index (χ1) is 10.9. The lowest BCUT2D eigenvalue weighted by Gasteiger charge is -2.21. The van der Waals surface area contributed by atoms with Crippen molar-refractivity contribution < 1.29 is 9.21 Å². The van der Waals surface area contributed by atoms with Gasteiger partial charge in [-0.15, -0.1) is 0 Å². The molecule has 1 aliphatic heterocycles. The molecule has 3 rings (SSSR count). The van der Waals surface area contributed by atoms with Crippen LogP contribution in [0.1, 0.15) is 49.4 Å². The second-order valence-electron chi connectivity index (χ2n) is 6.70. The van der Waals surface area contributed by atoms with E-state index in [0.717, 1.165) is 22.2 Å². The number of hydrogen-bond acceptors (Lipinski definition) is 3. The Kier molecular flexibility index (Phi) is 4.15. The molecular formula is C18H19BrN2O2. The van der Waals surface area contributed by atoms with E-state index in [9.17, 15) is 4.79 Å². The second kappa shape index (κ2) is 5.96. The number of benzene rings is 1. The van der Waals surface area contributed by atoms with Gasteiger partial charge in [-0.3, -0.25) is 4.79 Å². The molecule has 1 aromatic carbocycles. The van der Waals surface area contributed by atoms with Crippen LogP contribution in [0.15, 0.2) is 56.7 Å². The molecule has 1 aromatic heterocycles. The third kappa shape index (κ3) is 3.24. The predicted octanol–water partition coefficient (Wildman–Crippen LogP) is 5.03. The lowest BCUT2D eigenvalue weighted by Crippen LogP contribution is -2.26. The second-order valence-corrected chi connectivity index (χ2v) is 7.61. The third-order valence-electron chi connectivity index (χ3n) is 3.97. The van der Waals surface area contributed by atoms with Crippen molar-refractivity contribution in [2.45, 2.75) is 33.2 Å². The van der Waals surface area contributed by atoms with Crippen LogP contribution in [0.2, 0.25) is 0 Å². The third-order valence-corrected chi connectivity index (χ3v) is 4.50. The normalized spacial score (nSPS) is 18.2. The van der Waals surface area contributed by atoms with E-state index in [1.165, 1.54) is 6.26 Å². The van der Waals surface area contributed by atoms with Crippen LogP contribution < -0.4 is 0 Å². The van der Waals surface area contributed by atoms with E-state index in [1.54, 1.807) is 17.1 Å². The minimum absolute atomic E-state index is 0.0776. The molecule has 2 heterocycles. The topological polar surface area (TPSA) is 45.8 Å². The number of amides is 1. The van der Waals surface area contributed by atoms with Crippen molar-refractivity contribution in [1.82, 2.24) is 5.01 Å². The Morgan fingerprint density at radius 3 is 2.52 bits per heavy atom. The molecule has 0 fully saturated rings. The summed E-state index contributed by atoms with van der Waals surface area (Å²) in [4.78, 5) is 12.7. The maximum Gasteiger partial charge on any atom is 0.310 e. The van der Waals surface area contributed by atoms with E-state index in [2.05, 4.69) is 41.8 Å². The van der Waals surface area contributed by atoms with Gasteiger partial charge in [0.2, 0.25) is 0 Å². The van der Waals surface area contributed by atoms with Crippen LogP contribution in [0, 0.1) is 5.41 Å². The van der Waals surface area contributed by atoms with Gasteiger partial charge >= 0.3 is 5.91 Å². The molecule has 0 saturated heterocycles. The van der Waals surface area contributed by atoms with Crippen LogP contribution in [0.25, 0.3) is 0 Å². The Balaban J connectivity index is 1.97. The molecule has 1 atom stereocenters. The van der Waals surface area contributed by atoms with Crippen LogP contribution in [-0.4, -0.2) is 16.6 Å². The van der Waals surface area contributed by atoms with Gasteiger partial charge in [0, 0.05) is 22.0 Å². The zero-order valence-electron chi connectivity index (χ0n) is 13.4. The smallest absolute Gasteiger partial charge is 0.310 e. The summed E-state index contributed by atoms with van der Waals surface area (Å²) in [5.41, 5.74) is 2.01. The minimum atomic E-state index is -0.206. The summed E-state index contributed by atoms with van der Waals surface area (Å²) in [7, 11) is 0. The van der Waals surface area contributed by atoms with E-state index >= 15 is 0 Å². The van der Waals surface area contributed by atoms with Crippen LogP contribution >= 0.6 is 15.9 Å². The number of hydrogen-bond donors (Lipinski definition) is 0. The number of carbonyl (C=O) groups excluding carboxylic acids is 1. The van der Waals surface area contributed by atoms with E-state index in [1.807, 2.05) is 24.3 Å². The SMILES string of the molecule is CC(C)(C)C1=NN(C(=O)c2ccco2)C(c2ccc(Br)cc2)C1. The summed E-state index contributed by atoms with van der Waals surface area (Å²) in [6.45, 7) is 6.35. The van der Waals surface area contributed by atoms with Gasteiger partial charge in [0.15, 0.2) is 5.76 Å². The summed E-state index contributed by atoms with van der Waals surface area (Å²) in [5.74, 6) is 0.105. The molecular weight excluding hydrogens is 356 g/mol. The Hall–Kier alpha value is -1.88. The molecule has 0 spiro atoms. The molecule has 120 valence electrons. The highest BCUT2D eigenvalue weighted by atomic mass is 79.9. The lowest BCUT2D eigenvalue weighted by molar-refractivity contribution is 0.0678. The molecule has 0 radical (unpaired) electrons. The maximum absolute atomic E-state index is 12.7. The first-order valence-electron chi connectivity index (χ1n) is 7.57. The molecule has 1 aliphatic rings. The van der Waals surface area contributed by atoms with Gasteiger partial charge in [-0.1, -0.05) is 48.8 Å². The molecule has 2 aromatic rings. The van der Waals surface area contributed by atoms with E-state index in [-0.39, 0.29) is 17.4 Å². The summed E-state index contributed by atoms with van der Waals surface area (Å²) in [6.07, 6.45) is 2.24. The van der Waals surface area contributed by atoms with Crippen molar-refractivity contribution in [2.24, 2.45) is 10.5 Å². The molecule has 5 heteroatoms. The van der Waals surface area contributed by atoms with Crippen molar-refractivity contribution >= 4 is 27.5 Å². The van der Waals surface area contributed by atoms with Gasteiger partial charge < -0.3 is 4.42 Å². The van der Waals surface area contributed by atoms with Gasteiger partial charge in [0.05, 0.1) is 12.3 Å². The molecule has 0 saturated carbocycles. The molecule has 4 nitrogen and oxygen atoms in total. The number of furan rings is 1. The Bertz CT molecular complexity index is 727. The molecule has 0 aliphatic carbocycles. The standard InChI is InChI=1S/C18H19BrN2O2/c1-18(2,3)16-11-14(12-6-8-13(19)9-7-12)21(20-16)17(22)15-5-4-10-23-15/h4-10,14H,11H2,1-3H3. The summed E-state index contributed by atoms with van der Waals surface area (Å²) >= 11 is 3.45. The summed E-state index contributed by atoms with van der Waals surface area (Å²) in [5, 5.41) is 6.18. The fourth-order valence-corrected chi connectivity index (χ4v) is 2.87. The monoisotopic (exact) mass is 374 g/mol. The number of rotatable bonds is 2. The number of nitrogens with zero attached hydrogens (tertiary/aromatic N) is 2. The van der Waals surface area contributed by atoms with E-state index < -0.39 is 0 Å². The zero-order chi connectivity index (χ0) is 16.6. The Labute approximate surface area is 144 Å². The highest BCUT2D eigenvalue weighted by Crippen LogP contribution is 2.37. The maximum atomic E-state index is 12.7. The highest BCUT2D eigenvalue weighted by Gasteiger charge is 2.37. The van der Waals surface area contributed by atoms with Gasteiger partial charge in [-0.25, -0.2) is 5.01 Å². The lowest BCUT2D eigenvalue weighted by atomic mass is 9.86. The zero-order valence-corrected chi connectivity index (χ0v) is 15.0. The van der Waals surface area contributed by atoms with Gasteiger partial charge in [0.1, 0.15) is 0 Å². The van der Waals surface area contributed by atoms with E-state index in [0.29, 0.717) is 5.76 Å². The first kappa shape index (κ1) is 16.0. The number of hydrazone groups is 1. The summed E-state index contributed by atoms with van der Waals surface area (Å²) in [6, 6.07) is 11.3. The van der Waals surface area contributed by atoms with Gasteiger partial charge in [-0.05, 0) is 29.8 Å². The number of halogens is 1. The molecule has 0 bridgehead atoms. The van der Waals surface area contributed by atoms with Crippen LogP contribution in [0.3, 0.4) is 0 Å². The highest BCUT2D eigenvalue weighted by molar-refractivity contribution is 9.10. The molecule has 1 amide bonds. The van der Waals surface area contributed by atoms with E-state index in [4.69, 9.17) is 4.42 Å². The van der Waals surface area contributed by atoms with Crippen molar-refractivity contribution in [3.8, 4) is 0 Å². The average Bonchev–Trinajstić information content (AvgIpc) is 3.16. The van der Waals surface area contributed by atoms with Crippen LogP contribution in [-0.2, 0) is 0 Å². The van der Waals surface area contributed by atoms with Crippen LogP contribution in [0.4, 0.5) is 0 Å². The van der Waals surface area contributed by atoms with Crippen molar-refractivity contribution in [3.63, 3.8) is 0 Å². The quantitative estimate of drug-likeness (QED) is 0.739. The number of carbonyl (C=O) groups is 1. The molecule has 1 unspecified atom stereocenters. The van der Waals surface area contributed by atoms with Crippen molar-refractivity contribution in [1.29, 1.82) is 0 Å². The van der Waals surface area contributed by atoms with Crippen LogP contribution in [0.5, 0.6) is 0 Å². The Morgan fingerprint density at radius 2 is 1.96 bits per heavy atom. The minimum Gasteiger partial charge on any atom is -0.459 e. The van der Waals surface area contributed by atoms with Crippen molar-refractivity contribution in [3.05, 3.63) is 58.5 Å². The summed E-state index contributed by atoms with van der Waals surface area (Å²) < 4.78 is 6.28. The largest absolute Gasteiger partial charge is 0.459 e. The fraction of sp³-hybridized carbons (Fsp3) is 0.333.